The van der Waals surface area contributed by atoms with E-state index in [1.54, 1.807) is 38.1 Å². The summed E-state index contributed by atoms with van der Waals surface area (Å²) < 4.78 is 41.3. The van der Waals surface area contributed by atoms with Gasteiger partial charge in [-0.05, 0) is 49.2 Å². The lowest BCUT2D eigenvalue weighted by atomic mass is 10.2. The molecule has 2 aromatic rings. The van der Waals surface area contributed by atoms with Crippen LogP contribution in [-0.4, -0.2) is 37.6 Å². The van der Waals surface area contributed by atoms with Crippen molar-refractivity contribution in [3.63, 3.8) is 0 Å². The third kappa shape index (κ3) is 5.48. The van der Waals surface area contributed by atoms with Crippen LogP contribution in [0.5, 0.6) is 0 Å². The van der Waals surface area contributed by atoms with Gasteiger partial charge in [0.1, 0.15) is 10.7 Å². The van der Waals surface area contributed by atoms with E-state index in [-0.39, 0.29) is 17.4 Å². The number of halogens is 1. The van der Waals surface area contributed by atoms with E-state index in [0.29, 0.717) is 24.5 Å². The molecule has 2 aromatic carbocycles. The number of nitrogens with one attached hydrogen (secondary N) is 2. The lowest BCUT2D eigenvalue weighted by molar-refractivity contribution is -0.118. The number of hydrogen-bond acceptors (Lipinski definition) is 4. The van der Waals surface area contributed by atoms with Crippen LogP contribution in [0.15, 0.2) is 47.4 Å². The maximum atomic E-state index is 14.4. The Balaban J connectivity index is 1.80. The molecule has 2 N–H and O–H groups in total. The highest BCUT2D eigenvalue weighted by molar-refractivity contribution is 7.89. The summed E-state index contributed by atoms with van der Waals surface area (Å²) in [6.45, 7) is 4.22. The highest BCUT2D eigenvalue weighted by Crippen LogP contribution is 2.25. The summed E-state index contributed by atoms with van der Waals surface area (Å²) >= 11 is 0. The first-order chi connectivity index (χ1) is 14.7. The maximum Gasteiger partial charge on any atom is 0.255 e. The molecule has 7 nitrogen and oxygen atoms in total. The van der Waals surface area contributed by atoms with E-state index in [2.05, 4.69) is 10.6 Å². The van der Waals surface area contributed by atoms with E-state index in [4.69, 9.17) is 0 Å². The number of carbonyl (C=O) groups is 2. The number of anilines is 2. The molecule has 0 spiro atoms. The smallest absolute Gasteiger partial charge is 0.255 e. The second kappa shape index (κ2) is 9.57. The molecule has 1 saturated heterocycles. The van der Waals surface area contributed by atoms with Gasteiger partial charge in [-0.15, -0.1) is 0 Å². The molecule has 0 atom stereocenters. The number of nitrogens with zero attached hydrogens (tertiary/aromatic N) is 1. The molecule has 1 aliphatic heterocycles. The van der Waals surface area contributed by atoms with Crippen LogP contribution in [0.4, 0.5) is 15.8 Å². The average Bonchev–Trinajstić information content (AvgIpc) is 2.74. The Morgan fingerprint density at radius 2 is 1.61 bits per heavy atom. The molecule has 0 aromatic heterocycles. The molecule has 9 heteroatoms. The van der Waals surface area contributed by atoms with Crippen molar-refractivity contribution in [2.75, 3.05) is 23.7 Å². The molecule has 0 saturated carbocycles. The lowest BCUT2D eigenvalue weighted by Crippen LogP contribution is -2.36. The van der Waals surface area contributed by atoms with E-state index < -0.39 is 26.6 Å². The minimum absolute atomic E-state index is 0.0219. The number of carbonyl (C=O) groups excluding carboxylic acids is 2. The highest BCUT2D eigenvalue weighted by atomic mass is 32.2. The number of piperidine rings is 1. The van der Waals surface area contributed by atoms with Crippen molar-refractivity contribution in [3.8, 4) is 0 Å². The molecule has 0 aliphatic carbocycles. The summed E-state index contributed by atoms with van der Waals surface area (Å²) in [5, 5.41) is 5.40. The monoisotopic (exact) mass is 447 g/mol. The van der Waals surface area contributed by atoms with Crippen LogP contribution in [0, 0.1) is 11.7 Å². The summed E-state index contributed by atoms with van der Waals surface area (Å²) in [5.74, 6) is -1.82. The van der Waals surface area contributed by atoms with Crippen molar-refractivity contribution >= 4 is 33.2 Å². The summed E-state index contributed by atoms with van der Waals surface area (Å²) in [6.07, 6.45) is 2.39. The predicted octanol–water partition coefficient (Wildman–Crippen LogP) is 3.85. The fraction of sp³-hybridized carbons (Fsp3) is 0.364. The van der Waals surface area contributed by atoms with Gasteiger partial charge < -0.3 is 10.6 Å². The van der Waals surface area contributed by atoms with Crippen molar-refractivity contribution < 1.29 is 22.4 Å². The molecule has 166 valence electrons. The first kappa shape index (κ1) is 22.9. The first-order valence-electron chi connectivity index (χ1n) is 10.2. The Labute approximate surface area is 181 Å². The third-order valence-corrected chi connectivity index (χ3v) is 6.95. The van der Waals surface area contributed by atoms with Crippen molar-refractivity contribution in [2.24, 2.45) is 5.92 Å². The van der Waals surface area contributed by atoms with Crippen LogP contribution in [0.3, 0.4) is 0 Å². The molecule has 0 bridgehead atoms. The zero-order chi connectivity index (χ0) is 22.6. The van der Waals surface area contributed by atoms with Crippen LogP contribution in [0.1, 0.15) is 43.5 Å². The zero-order valence-electron chi connectivity index (χ0n) is 17.5. The topological polar surface area (TPSA) is 95.6 Å². The Bertz CT molecular complexity index is 1080. The van der Waals surface area contributed by atoms with Gasteiger partial charge in [-0.3, -0.25) is 9.59 Å². The number of hydrogen-bond donors (Lipinski definition) is 2. The van der Waals surface area contributed by atoms with E-state index in [1.807, 2.05) is 0 Å². The fourth-order valence-corrected chi connectivity index (χ4v) is 4.86. The Hall–Kier alpha value is -2.78. The molecule has 2 amide bonds. The van der Waals surface area contributed by atoms with Gasteiger partial charge in [-0.25, -0.2) is 12.8 Å². The van der Waals surface area contributed by atoms with Gasteiger partial charge in [0.25, 0.3) is 5.91 Å². The number of sulfonamides is 1. The quantitative estimate of drug-likeness (QED) is 0.703. The van der Waals surface area contributed by atoms with Crippen molar-refractivity contribution in [2.45, 2.75) is 38.0 Å². The summed E-state index contributed by atoms with van der Waals surface area (Å²) in [7, 11) is -4.02. The molecule has 31 heavy (non-hydrogen) atoms. The van der Waals surface area contributed by atoms with Crippen LogP contribution in [0.2, 0.25) is 0 Å². The minimum atomic E-state index is -4.02. The largest absolute Gasteiger partial charge is 0.326 e. The van der Waals surface area contributed by atoms with Crippen molar-refractivity contribution in [3.05, 3.63) is 53.8 Å². The van der Waals surface area contributed by atoms with Gasteiger partial charge in [-0.1, -0.05) is 26.3 Å². The Morgan fingerprint density at radius 3 is 2.26 bits per heavy atom. The first-order valence-corrected chi connectivity index (χ1v) is 11.6. The highest BCUT2D eigenvalue weighted by Gasteiger charge is 2.29. The van der Waals surface area contributed by atoms with Gasteiger partial charge in [0.05, 0.1) is 0 Å². The number of amides is 2. The zero-order valence-corrected chi connectivity index (χ0v) is 18.3. The second-order valence-electron chi connectivity index (χ2n) is 7.79. The van der Waals surface area contributed by atoms with Gasteiger partial charge in [0, 0.05) is 35.9 Å². The summed E-state index contributed by atoms with van der Waals surface area (Å²) in [4.78, 5) is 24.1. The van der Waals surface area contributed by atoms with Gasteiger partial charge in [0.15, 0.2) is 0 Å². The second-order valence-corrected chi connectivity index (χ2v) is 9.70. The number of benzene rings is 2. The third-order valence-electron chi connectivity index (χ3n) is 5.04. The normalized spacial score (nSPS) is 15.0. The fourth-order valence-electron chi connectivity index (χ4n) is 3.25. The molecule has 3 rings (SSSR count). The van der Waals surface area contributed by atoms with Crippen LogP contribution >= 0.6 is 0 Å². The molecule has 1 aliphatic rings. The molecule has 0 radical (unpaired) electrons. The molecular formula is C22H26FN3O4S. The Morgan fingerprint density at radius 1 is 0.968 bits per heavy atom. The van der Waals surface area contributed by atoms with E-state index in [1.165, 1.54) is 10.4 Å². The minimum Gasteiger partial charge on any atom is -0.326 e. The predicted molar refractivity (Wildman–Crippen MR) is 117 cm³/mol. The SMILES string of the molecule is CC(C)C(=O)Nc1cccc(NC(=O)c2ccc(F)c(S(=O)(=O)N3CCCCC3)c2)c1. The standard InChI is InChI=1S/C22H26FN3O4S/c1-15(2)21(27)24-17-7-6-8-18(14-17)25-22(28)16-9-10-19(23)20(13-16)31(29,30)26-11-4-3-5-12-26/h6-10,13-15H,3-5,11-12H2,1-2H3,(H,24,27)(H,25,28). The van der Waals surface area contributed by atoms with Gasteiger partial charge in [0.2, 0.25) is 15.9 Å². The molecule has 1 heterocycles. The van der Waals surface area contributed by atoms with E-state index in [9.17, 15) is 22.4 Å². The van der Waals surface area contributed by atoms with E-state index in [0.717, 1.165) is 31.4 Å². The van der Waals surface area contributed by atoms with Crippen molar-refractivity contribution in [1.29, 1.82) is 0 Å². The lowest BCUT2D eigenvalue weighted by Gasteiger charge is -2.26. The van der Waals surface area contributed by atoms with Crippen LogP contribution in [0.25, 0.3) is 0 Å². The van der Waals surface area contributed by atoms with Crippen molar-refractivity contribution in [1.82, 2.24) is 4.31 Å². The Kier molecular flexibility index (Phi) is 7.07. The summed E-state index contributed by atoms with van der Waals surface area (Å²) in [6, 6.07) is 9.89. The van der Waals surface area contributed by atoms with Gasteiger partial charge in [-0.2, -0.15) is 4.31 Å². The van der Waals surface area contributed by atoms with Gasteiger partial charge >= 0.3 is 0 Å². The maximum absolute atomic E-state index is 14.4. The average molecular weight is 448 g/mol. The molecule has 0 unspecified atom stereocenters. The van der Waals surface area contributed by atoms with E-state index >= 15 is 0 Å². The molecule has 1 fully saturated rings. The van der Waals surface area contributed by atoms with Crippen LogP contribution in [-0.2, 0) is 14.8 Å². The molecular weight excluding hydrogens is 421 g/mol. The number of rotatable bonds is 6. The summed E-state index contributed by atoms with van der Waals surface area (Å²) in [5.41, 5.74) is 0.953. The van der Waals surface area contributed by atoms with Crippen LogP contribution < -0.4 is 10.6 Å².